The van der Waals surface area contributed by atoms with Gasteiger partial charge in [0.15, 0.2) is 5.65 Å². The molecule has 0 amide bonds. The van der Waals surface area contributed by atoms with Gasteiger partial charge in [0, 0.05) is 11.9 Å². The Labute approximate surface area is 110 Å². The Morgan fingerprint density at radius 2 is 2.22 bits per heavy atom. The third-order valence-electron chi connectivity index (χ3n) is 3.51. The van der Waals surface area contributed by atoms with Crippen LogP contribution in [0.25, 0.3) is 5.65 Å². The first-order valence-corrected chi connectivity index (χ1v) is 6.78. The minimum absolute atomic E-state index is 0.401. The van der Waals surface area contributed by atoms with Gasteiger partial charge in [0.1, 0.15) is 5.82 Å². The van der Waals surface area contributed by atoms with Crippen LogP contribution in [-0.4, -0.2) is 37.2 Å². The van der Waals surface area contributed by atoms with Crippen LogP contribution >= 0.6 is 11.6 Å². The molecule has 0 radical (unpaired) electrons. The first kappa shape index (κ1) is 11.6. The van der Waals surface area contributed by atoms with Gasteiger partial charge in [0.05, 0.1) is 0 Å². The van der Waals surface area contributed by atoms with Crippen molar-refractivity contribution in [1.29, 1.82) is 0 Å². The highest BCUT2D eigenvalue weighted by Gasteiger charge is 2.24. The molecule has 0 saturated heterocycles. The lowest BCUT2D eigenvalue weighted by molar-refractivity contribution is 0.352. The third kappa shape index (κ3) is 2.25. The van der Waals surface area contributed by atoms with E-state index in [0.717, 1.165) is 12.2 Å². The van der Waals surface area contributed by atoms with Crippen LogP contribution < -0.4 is 5.32 Å². The average molecular weight is 267 g/mol. The van der Waals surface area contributed by atoms with E-state index in [1.807, 2.05) is 12.1 Å². The minimum atomic E-state index is 0.401. The zero-order valence-electron chi connectivity index (χ0n) is 9.96. The Bertz CT molecular complexity index is 527. The molecular formula is C11H15ClN6. The second kappa shape index (κ2) is 5.06. The number of nitrogens with zero attached hydrogens (tertiary/aromatic N) is 5. The van der Waals surface area contributed by atoms with Crippen LogP contribution in [0.2, 0.25) is 0 Å². The summed E-state index contributed by atoms with van der Waals surface area (Å²) in [6.45, 7) is 0. The maximum atomic E-state index is 6.02. The summed E-state index contributed by atoms with van der Waals surface area (Å²) in [5, 5.41) is 19.0. The van der Waals surface area contributed by atoms with E-state index in [2.05, 4.69) is 25.9 Å². The molecule has 1 aliphatic carbocycles. The number of hydrogen-bond donors (Lipinski definition) is 1. The maximum absolute atomic E-state index is 6.02. The van der Waals surface area contributed by atoms with Crippen molar-refractivity contribution in [3.63, 3.8) is 0 Å². The van der Waals surface area contributed by atoms with Gasteiger partial charge >= 0.3 is 0 Å². The fourth-order valence-corrected chi connectivity index (χ4v) is 2.87. The molecular weight excluding hydrogens is 252 g/mol. The Morgan fingerprint density at radius 1 is 1.33 bits per heavy atom. The summed E-state index contributed by atoms with van der Waals surface area (Å²) in [5.41, 5.74) is 0.651. The van der Waals surface area contributed by atoms with Gasteiger partial charge in [-0.3, -0.25) is 0 Å². The first-order chi connectivity index (χ1) is 8.86. The van der Waals surface area contributed by atoms with E-state index < -0.39 is 0 Å². The Morgan fingerprint density at radius 3 is 3.11 bits per heavy atom. The van der Waals surface area contributed by atoms with Crippen molar-refractivity contribution in [1.82, 2.24) is 25.3 Å². The van der Waals surface area contributed by atoms with Crippen LogP contribution in [0.3, 0.4) is 0 Å². The number of halogens is 1. The fraction of sp³-hybridized carbons (Fsp3) is 0.636. The zero-order chi connectivity index (χ0) is 12.4. The number of aromatic nitrogens is 5. The number of tetrazole rings is 1. The van der Waals surface area contributed by atoms with Crippen LogP contribution in [0.1, 0.15) is 25.7 Å². The number of rotatable bonds is 3. The predicted molar refractivity (Wildman–Crippen MR) is 68.7 cm³/mol. The predicted octanol–water partition coefficient (Wildman–Crippen LogP) is 1.73. The molecule has 6 nitrogen and oxygen atoms in total. The highest BCUT2D eigenvalue weighted by Crippen LogP contribution is 2.27. The number of fused-ring (bicyclic) bond motifs is 1. The molecule has 96 valence electrons. The lowest BCUT2D eigenvalue weighted by Gasteiger charge is -2.31. The third-order valence-corrected chi connectivity index (χ3v) is 3.91. The fourth-order valence-electron chi connectivity index (χ4n) is 2.50. The van der Waals surface area contributed by atoms with Gasteiger partial charge in [-0.2, -0.15) is 0 Å². The van der Waals surface area contributed by atoms with Crippen molar-refractivity contribution in [2.45, 2.75) is 31.7 Å². The van der Waals surface area contributed by atoms with Crippen molar-refractivity contribution >= 4 is 23.1 Å². The minimum Gasteiger partial charge on any atom is -0.366 e. The maximum Gasteiger partial charge on any atom is 0.200 e. The molecule has 0 spiro atoms. The molecule has 2 heterocycles. The van der Waals surface area contributed by atoms with Crippen molar-refractivity contribution < 1.29 is 0 Å². The molecule has 2 unspecified atom stereocenters. The topological polar surface area (TPSA) is 68.0 Å². The lowest BCUT2D eigenvalue weighted by atomic mass is 9.86. The van der Waals surface area contributed by atoms with E-state index in [-0.39, 0.29) is 0 Å². The summed E-state index contributed by atoms with van der Waals surface area (Å²) in [6.07, 6.45) is 4.86. The van der Waals surface area contributed by atoms with E-state index in [0.29, 0.717) is 23.5 Å². The number of anilines is 1. The van der Waals surface area contributed by atoms with E-state index in [9.17, 15) is 0 Å². The molecule has 18 heavy (non-hydrogen) atoms. The van der Waals surface area contributed by atoms with Gasteiger partial charge in [0.2, 0.25) is 0 Å². The average Bonchev–Trinajstić information content (AvgIpc) is 2.87. The molecule has 2 aromatic heterocycles. The molecule has 0 aliphatic heterocycles. The largest absolute Gasteiger partial charge is 0.366 e. The SMILES string of the molecule is ClCC1CCCCC1Nc1ccc2nnnn2n1. The summed E-state index contributed by atoms with van der Waals surface area (Å²) in [7, 11) is 0. The van der Waals surface area contributed by atoms with Gasteiger partial charge in [-0.05, 0) is 41.3 Å². The molecule has 1 fully saturated rings. The van der Waals surface area contributed by atoms with Crippen LogP contribution in [0.5, 0.6) is 0 Å². The summed E-state index contributed by atoms with van der Waals surface area (Å²) in [4.78, 5) is 0. The second-order valence-corrected chi connectivity index (χ2v) is 5.00. The van der Waals surface area contributed by atoms with Crippen molar-refractivity contribution in [3.05, 3.63) is 12.1 Å². The van der Waals surface area contributed by atoms with Gasteiger partial charge in [0.25, 0.3) is 0 Å². The first-order valence-electron chi connectivity index (χ1n) is 6.25. The molecule has 1 N–H and O–H groups in total. The van der Waals surface area contributed by atoms with Crippen LogP contribution in [0.15, 0.2) is 12.1 Å². The lowest BCUT2D eigenvalue weighted by Crippen LogP contribution is -2.33. The van der Waals surface area contributed by atoms with E-state index in [1.165, 1.54) is 23.9 Å². The van der Waals surface area contributed by atoms with Gasteiger partial charge in [-0.1, -0.05) is 12.8 Å². The second-order valence-electron chi connectivity index (χ2n) is 4.69. The van der Waals surface area contributed by atoms with E-state index in [4.69, 9.17) is 11.6 Å². The smallest absolute Gasteiger partial charge is 0.200 e. The van der Waals surface area contributed by atoms with Gasteiger partial charge < -0.3 is 5.32 Å². The standard InChI is InChI=1S/C11H15ClN6/c12-7-8-3-1-2-4-9(8)13-10-5-6-11-14-16-17-18(11)15-10/h5-6,8-9H,1-4,7H2,(H,13,15). The molecule has 1 aliphatic rings. The summed E-state index contributed by atoms with van der Waals surface area (Å²) in [6, 6.07) is 4.16. The summed E-state index contributed by atoms with van der Waals surface area (Å²) < 4.78 is 1.43. The summed E-state index contributed by atoms with van der Waals surface area (Å²) in [5.74, 6) is 2.02. The van der Waals surface area contributed by atoms with Crippen LogP contribution in [-0.2, 0) is 0 Å². The molecule has 1 saturated carbocycles. The molecule has 0 bridgehead atoms. The summed E-state index contributed by atoms with van der Waals surface area (Å²) >= 11 is 6.02. The number of hydrogen-bond acceptors (Lipinski definition) is 5. The number of alkyl halides is 1. The van der Waals surface area contributed by atoms with Crippen molar-refractivity contribution in [2.24, 2.45) is 5.92 Å². The highest BCUT2D eigenvalue weighted by molar-refractivity contribution is 6.18. The Kier molecular flexibility index (Phi) is 3.27. The number of nitrogens with one attached hydrogen (secondary N) is 1. The van der Waals surface area contributed by atoms with Crippen LogP contribution in [0.4, 0.5) is 5.82 Å². The highest BCUT2D eigenvalue weighted by atomic mass is 35.5. The van der Waals surface area contributed by atoms with E-state index in [1.54, 1.807) is 0 Å². The quantitative estimate of drug-likeness (QED) is 0.857. The van der Waals surface area contributed by atoms with Crippen molar-refractivity contribution in [3.8, 4) is 0 Å². The van der Waals surface area contributed by atoms with Gasteiger partial charge in [-0.25, -0.2) is 0 Å². The van der Waals surface area contributed by atoms with Crippen LogP contribution in [0, 0.1) is 5.92 Å². The Hall–Kier alpha value is -1.43. The Balaban J connectivity index is 1.77. The molecule has 7 heteroatoms. The molecule has 2 atom stereocenters. The zero-order valence-corrected chi connectivity index (χ0v) is 10.7. The molecule has 2 aromatic rings. The van der Waals surface area contributed by atoms with Crippen molar-refractivity contribution in [2.75, 3.05) is 11.2 Å². The molecule has 0 aromatic carbocycles. The molecule has 3 rings (SSSR count). The van der Waals surface area contributed by atoms with Gasteiger partial charge in [-0.15, -0.1) is 26.4 Å². The van der Waals surface area contributed by atoms with E-state index >= 15 is 0 Å². The monoisotopic (exact) mass is 266 g/mol. The normalized spacial score (nSPS) is 24.3.